The Morgan fingerprint density at radius 2 is 2.17 bits per heavy atom. The van der Waals surface area contributed by atoms with E-state index in [1.807, 2.05) is 5.32 Å². The Balaban J connectivity index is 3.00. The molecule has 0 atom stereocenters. The van der Waals surface area contributed by atoms with Crippen molar-refractivity contribution in [2.45, 2.75) is 6.43 Å². The molecular formula is C9H10F2N4O3. The SMILES string of the molecule is NNc1ccc([N+](=O)[O-])cc1C(=O)NCC(F)F. The predicted molar refractivity (Wildman–Crippen MR) is 59.2 cm³/mol. The van der Waals surface area contributed by atoms with Crippen LogP contribution in [0.4, 0.5) is 20.2 Å². The summed E-state index contributed by atoms with van der Waals surface area (Å²) in [5.41, 5.74) is 1.75. The number of anilines is 1. The molecule has 1 aromatic carbocycles. The summed E-state index contributed by atoms with van der Waals surface area (Å²) in [6.07, 6.45) is -2.71. The van der Waals surface area contributed by atoms with Crippen molar-refractivity contribution < 1.29 is 18.5 Å². The topological polar surface area (TPSA) is 110 Å². The normalized spacial score (nSPS) is 10.2. The van der Waals surface area contributed by atoms with Crippen LogP contribution in [0.3, 0.4) is 0 Å². The van der Waals surface area contributed by atoms with Crippen molar-refractivity contribution in [3.63, 3.8) is 0 Å². The number of alkyl halides is 2. The lowest BCUT2D eigenvalue weighted by atomic mass is 10.1. The Morgan fingerprint density at radius 3 is 2.67 bits per heavy atom. The zero-order chi connectivity index (χ0) is 13.7. The van der Waals surface area contributed by atoms with Gasteiger partial charge in [-0.1, -0.05) is 0 Å². The van der Waals surface area contributed by atoms with Crippen LogP contribution in [0.2, 0.25) is 0 Å². The smallest absolute Gasteiger partial charge is 0.270 e. The summed E-state index contributed by atoms with van der Waals surface area (Å²) in [5, 5.41) is 12.5. The molecule has 7 nitrogen and oxygen atoms in total. The first-order valence-corrected chi connectivity index (χ1v) is 4.77. The van der Waals surface area contributed by atoms with Gasteiger partial charge in [-0.25, -0.2) is 8.78 Å². The maximum atomic E-state index is 11.9. The molecule has 18 heavy (non-hydrogen) atoms. The van der Waals surface area contributed by atoms with E-state index in [0.29, 0.717) is 0 Å². The van der Waals surface area contributed by atoms with Gasteiger partial charge in [-0.15, -0.1) is 0 Å². The standard InChI is InChI=1S/C9H10F2N4O3/c10-8(11)4-13-9(16)6-3-5(15(17)18)1-2-7(6)14-12/h1-3,8,14H,4,12H2,(H,13,16). The summed E-state index contributed by atoms with van der Waals surface area (Å²) in [7, 11) is 0. The van der Waals surface area contributed by atoms with Crippen LogP contribution in [0.15, 0.2) is 18.2 Å². The Labute approximate surface area is 100 Å². The van der Waals surface area contributed by atoms with Crippen molar-refractivity contribution in [1.82, 2.24) is 5.32 Å². The van der Waals surface area contributed by atoms with Crippen LogP contribution in [0.1, 0.15) is 10.4 Å². The van der Waals surface area contributed by atoms with Gasteiger partial charge in [0.25, 0.3) is 18.0 Å². The molecule has 0 unspecified atom stereocenters. The predicted octanol–water partition coefficient (Wildman–Crippen LogP) is 0.875. The molecule has 9 heteroatoms. The molecule has 0 aliphatic carbocycles. The summed E-state index contributed by atoms with van der Waals surface area (Å²) in [5.74, 6) is 4.25. The number of nitrogens with one attached hydrogen (secondary N) is 2. The van der Waals surface area contributed by atoms with Gasteiger partial charge in [-0.2, -0.15) is 0 Å². The van der Waals surface area contributed by atoms with Gasteiger partial charge in [-0.3, -0.25) is 20.8 Å². The van der Waals surface area contributed by atoms with E-state index in [0.717, 1.165) is 12.1 Å². The van der Waals surface area contributed by atoms with E-state index in [-0.39, 0.29) is 16.9 Å². The Bertz CT molecular complexity index is 467. The van der Waals surface area contributed by atoms with Gasteiger partial charge in [0, 0.05) is 12.1 Å². The van der Waals surface area contributed by atoms with Gasteiger partial charge in [-0.05, 0) is 6.07 Å². The highest BCUT2D eigenvalue weighted by Gasteiger charge is 2.17. The van der Waals surface area contributed by atoms with Crippen molar-refractivity contribution in [3.05, 3.63) is 33.9 Å². The lowest BCUT2D eigenvalue weighted by molar-refractivity contribution is -0.384. The number of halogens is 2. The van der Waals surface area contributed by atoms with Crippen LogP contribution in [-0.2, 0) is 0 Å². The van der Waals surface area contributed by atoms with E-state index in [1.54, 1.807) is 0 Å². The van der Waals surface area contributed by atoms with Crippen molar-refractivity contribution >= 4 is 17.3 Å². The van der Waals surface area contributed by atoms with Crippen LogP contribution in [-0.4, -0.2) is 23.8 Å². The fraction of sp³-hybridized carbons (Fsp3) is 0.222. The Morgan fingerprint density at radius 1 is 1.50 bits per heavy atom. The molecule has 0 radical (unpaired) electrons. The first-order chi connectivity index (χ1) is 8.45. The number of rotatable bonds is 5. The molecule has 1 amide bonds. The molecule has 1 rings (SSSR count). The van der Waals surface area contributed by atoms with E-state index < -0.39 is 23.8 Å². The quantitative estimate of drug-likeness (QED) is 0.413. The number of nitrogens with two attached hydrogens (primary N) is 1. The largest absolute Gasteiger partial charge is 0.346 e. The third kappa shape index (κ3) is 3.35. The highest BCUT2D eigenvalue weighted by molar-refractivity contribution is 6.00. The molecular weight excluding hydrogens is 250 g/mol. The van der Waals surface area contributed by atoms with E-state index in [1.165, 1.54) is 6.07 Å². The maximum Gasteiger partial charge on any atom is 0.270 e. The second-order valence-corrected chi connectivity index (χ2v) is 3.23. The lowest BCUT2D eigenvalue weighted by Crippen LogP contribution is -2.29. The highest BCUT2D eigenvalue weighted by atomic mass is 19.3. The number of hydrogen-bond acceptors (Lipinski definition) is 5. The maximum absolute atomic E-state index is 11.9. The minimum Gasteiger partial charge on any atom is -0.346 e. The molecule has 0 saturated carbocycles. The zero-order valence-electron chi connectivity index (χ0n) is 9.02. The molecule has 0 aliphatic rings. The van der Waals surface area contributed by atoms with Crippen LogP contribution in [0.5, 0.6) is 0 Å². The number of nitrogens with zero attached hydrogens (tertiary/aromatic N) is 1. The number of benzene rings is 1. The minimum absolute atomic E-state index is 0.104. The summed E-state index contributed by atoms with van der Waals surface area (Å²) in [6, 6.07) is 3.31. The fourth-order valence-electron chi connectivity index (χ4n) is 1.22. The number of nitro benzene ring substituents is 1. The molecule has 0 aliphatic heterocycles. The third-order valence-corrected chi connectivity index (χ3v) is 2.03. The number of carbonyl (C=O) groups is 1. The van der Waals surface area contributed by atoms with E-state index >= 15 is 0 Å². The van der Waals surface area contributed by atoms with Gasteiger partial charge in [0.15, 0.2) is 0 Å². The molecule has 0 fully saturated rings. The summed E-state index contributed by atoms with van der Waals surface area (Å²) in [6.45, 7) is -0.842. The van der Waals surface area contributed by atoms with E-state index in [4.69, 9.17) is 5.84 Å². The summed E-state index contributed by atoms with van der Waals surface area (Å²) >= 11 is 0. The molecule has 0 spiro atoms. The number of hydrazine groups is 1. The number of hydrogen-bond donors (Lipinski definition) is 3. The van der Waals surface area contributed by atoms with Crippen LogP contribution < -0.4 is 16.6 Å². The first-order valence-electron chi connectivity index (χ1n) is 4.77. The second-order valence-electron chi connectivity index (χ2n) is 3.23. The third-order valence-electron chi connectivity index (χ3n) is 2.03. The average Bonchev–Trinajstić information content (AvgIpc) is 2.34. The number of nitro groups is 1. The molecule has 0 bridgehead atoms. The lowest BCUT2D eigenvalue weighted by Gasteiger charge is -2.09. The van der Waals surface area contributed by atoms with Gasteiger partial charge in [0.05, 0.1) is 22.7 Å². The van der Waals surface area contributed by atoms with Crippen LogP contribution in [0.25, 0.3) is 0 Å². The van der Waals surface area contributed by atoms with E-state index in [9.17, 15) is 23.7 Å². The zero-order valence-corrected chi connectivity index (χ0v) is 9.02. The average molecular weight is 260 g/mol. The number of non-ortho nitro benzene ring substituents is 1. The molecule has 0 heterocycles. The minimum atomic E-state index is -2.71. The molecule has 98 valence electrons. The first kappa shape index (κ1) is 13.8. The van der Waals surface area contributed by atoms with Crippen molar-refractivity contribution in [1.29, 1.82) is 0 Å². The van der Waals surface area contributed by atoms with E-state index in [2.05, 4.69) is 5.43 Å². The Hall–Kier alpha value is -2.29. The Kier molecular flexibility index (Phi) is 4.49. The highest BCUT2D eigenvalue weighted by Crippen LogP contribution is 2.21. The number of amides is 1. The van der Waals surface area contributed by atoms with Crippen LogP contribution in [0, 0.1) is 10.1 Å². The molecule has 0 saturated heterocycles. The van der Waals surface area contributed by atoms with Crippen molar-refractivity contribution in [2.24, 2.45) is 5.84 Å². The van der Waals surface area contributed by atoms with Gasteiger partial charge in [0.1, 0.15) is 0 Å². The molecule has 4 N–H and O–H groups in total. The number of nitrogen functional groups attached to an aromatic ring is 1. The molecule has 1 aromatic rings. The number of carbonyl (C=O) groups excluding carboxylic acids is 1. The van der Waals surface area contributed by atoms with Gasteiger partial charge < -0.3 is 10.7 Å². The van der Waals surface area contributed by atoms with Crippen LogP contribution >= 0.6 is 0 Å². The summed E-state index contributed by atoms with van der Waals surface area (Å²) in [4.78, 5) is 21.4. The summed E-state index contributed by atoms with van der Waals surface area (Å²) < 4.78 is 23.9. The van der Waals surface area contributed by atoms with Crippen molar-refractivity contribution in [2.75, 3.05) is 12.0 Å². The van der Waals surface area contributed by atoms with Gasteiger partial charge >= 0.3 is 0 Å². The van der Waals surface area contributed by atoms with Gasteiger partial charge in [0.2, 0.25) is 0 Å². The monoisotopic (exact) mass is 260 g/mol. The second kappa shape index (κ2) is 5.87. The molecule has 0 aromatic heterocycles. The fourth-order valence-corrected chi connectivity index (χ4v) is 1.22. The van der Waals surface area contributed by atoms with Crippen molar-refractivity contribution in [3.8, 4) is 0 Å².